The summed E-state index contributed by atoms with van der Waals surface area (Å²) in [5, 5.41) is 15.4. The van der Waals surface area contributed by atoms with Crippen LogP contribution >= 0.6 is 11.6 Å². The highest BCUT2D eigenvalue weighted by Gasteiger charge is 2.30. The fraction of sp³-hybridized carbons (Fsp3) is 0.0769. The second kappa shape index (κ2) is 9.52. The van der Waals surface area contributed by atoms with Crippen LogP contribution in [0.2, 0.25) is 5.02 Å². The van der Waals surface area contributed by atoms with Gasteiger partial charge in [0.25, 0.3) is 5.91 Å². The molecule has 174 valence electrons. The van der Waals surface area contributed by atoms with Gasteiger partial charge in [-0.1, -0.05) is 71.4 Å². The van der Waals surface area contributed by atoms with Crippen LogP contribution in [0.15, 0.2) is 87.8 Å². The molecule has 2 aromatic heterocycles. The van der Waals surface area contributed by atoms with E-state index in [4.69, 9.17) is 20.5 Å². The summed E-state index contributed by atoms with van der Waals surface area (Å²) < 4.78 is 26.0. The summed E-state index contributed by atoms with van der Waals surface area (Å²) in [6.07, 6.45) is 0. The van der Waals surface area contributed by atoms with E-state index in [0.29, 0.717) is 16.1 Å². The van der Waals surface area contributed by atoms with E-state index in [9.17, 15) is 9.18 Å². The van der Waals surface area contributed by atoms with Crippen LogP contribution in [0.25, 0.3) is 22.7 Å². The number of nitrogens with one attached hydrogen (secondary N) is 1. The Hall–Kier alpha value is -4.30. The fourth-order valence-corrected chi connectivity index (χ4v) is 3.94. The molecule has 9 heteroatoms. The summed E-state index contributed by atoms with van der Waals surface area (Å²) in [6.45, 7) is 1.61. The van der Waals surface area contributed by atoms with E-state index in [2.05, 4.69) is 20.7 Å². The van der Waals surface area contributed by atoms with Gasteiger partial charge in [0, 0.05) is 16.7 Å². The summed E-state index contributed by atoms with van der Waals surface area (Å²) in [4.78, 5) is 13.5. The first-order valence-electron chi connectivity index (χ1n) is 10.7. The Morgan fingerprint density at radius 2 is 1.69 bits per heavy atom. The topological polar surface area (TPSA) is 94.1 Å². The number of carbonyl (C=O) groups is 1. The van der Waals surface area contributed by atoms with Crippen molar-refractivity contribution in [1.82, 2.24) is 20.7 Å². The lowest BCUT2D eigenvalue weighted by atomic mass is 10.0. The van der Waals surface area contributed by atoms with Crippen LogP contribution < -0.4 is 5.32 Å². The summed E-state index contributed by atoms with van der Waals surface area (Å²) in [5.74, 6) is -0.554. The van der Waals surface area contributed by atoms with Crippen LogP contribution in [0.5, 0.6) is 0 Å². The molecule has 0 aliphatic heterocycles. The molecule has 0 bridgehead atoms. The average Bonchev–Trinajstić information content (AvgIpc) is 3.51. The third kappa shape index (κ3) is 4.43. The van der Waals surface area contributed by atoms with Crippen molar-refractivity contribution in [3.05, 3.63) is 112 Å². The smallest absolute Gasteiger partial charge is 0.258 e. The molecule has 0 saturated heterocycles. The van der Waals surface area contributed by atoms with Crippen molar-refractivity contribution >= 4 is 17.5 Å². The molecule has 1 atom stereocenters. The highest BCUT2D eigenvalue weighted by atomic mass is 35.5. The van der Waals surface area contributed by atoms with Crippen molar-refractivity contribution in [3.63, 3.8) is 0 Å². The molecule has 1 amide bonds. The predicted octanol–water partition coefficient (Wildman–Crippen LogP) is 6.01. The lowest BCUT2D eigenvalue weighted by Gasteiger charge is -2.16. The van der Waals surface area contributed by atoms with Gasteiger partial charge in [0.05, 0.1) is 5.02 Å². The largest absolute Gasteiger partial charge is 0.418 e. The van der Waals surface area contributed by atoms with Crippen molar-refractivity contribution in [3.8, 4) is 22.7 Å². The molecular weight excluding hydrogens is 471 g/mol. The first kappa shape index (κ1) is 22.5. The Morgan fingerprint density at radius 1 is 0.971 bits per heavy atom. The Kier molecular flexibility index (Phi) is 6.12. The summed E-state index contributed by atoms with van der Waals surface area (Å²) >= 11 is 6.33. The van der Waals surface area contributed by atoms with Crippen molar-refractivity contribution in [2.45, 2.75) is 13.0 Å². The quantitative estimate of drug-likeness (QED) is 0.314. The molecule has 0 unspecified atom stereocenters. The SMILES string of the molecule is Cc1onc(-c2ccccc2Cl)c1C(=O)N[C@H](c1nnc(-c2ccccc2)o1)c1ccccc1F. The maximum Gasteiger partial charge on any atom is 0.258 e. The van der Waals surface area contributed by atoms with Gasteiger partial charge in [0.2, 0.25) is 11.8 Å². The van der Waals surface area contributed by atoms with Crippen LogP contribution in [0, 0.1) is 12.7 Å². The number of hydrogen-bond acceptors (Lipinski definition) is 6. The third-order valence-corrected chi connectivity index (χ3v) is 5.75. The minimum absolute atomic E-state index is 0.0238. The first-order chi connectivity index (χ1) is 17.0. The molecule has 0 saturated carbocycles. The number of aryl methyl sites for hydroxylation is 1. The highest BCUT2D eigenvalue weighted by molar-refractivity contribution is 6.33. The molecule has 0 radical (unpaired) electrons. The zero-order valence-electron chi connectivity index (χ0n) is 18.4. The van der Waals surface area contributed by atoms with Crippen molar-refractivity contribution in [2.75, 3.05) is 0 Å². The zero-order valence-corrected chi connectivity index (χ0v) is 19.2. The van der Waals surface area contributed by atoms with Gasteiger partial charge in [-0.2, -0.15) is 0 Å². The molecule has 7 nitrogen and oxygen atoms in total. The molecule has 0 aliphatic carbocycles. The number of rotatable bonds is 6. The van der Waals surface area contributed by atoms with Crippen LogP contribution in [0.4, 0.5) is 4.39 Å². The third-order valence-electron chi connectivity index (χ3n) is 5.42. The Bertz CT molecular complexity index is 1500. The predicted molar refractivity (Wildman–Crippen MR) is 127 cm³/mol. The molecule has 1 N–H and O–H groups in total. The van der Waals surface area contributed by atoms with Gasteiger partial charge in [-0.25, -0.2) is 4.39 Å². The lowest BCUT2D eigenvalue weighted by Crippen LogP contribution is -2.30. The lowest BCUT2D eigenvalue weighted by molar-refractivity contribution is 0.0936. The average molecular weight is 489 g/mol. The van der Waals surface area contributed by atoms with E-state index in [-0.39, 0.29) is 34.4 Å². The number of aromatic nitrogens is 3. The number of carbonyl (C=O) groups excluding carboxylic acids is 1. The molecule has 5 aromatic rings. The Labute approximate surface area is 204 Å². The van der Waals surface area contributed by atoms with Gasteiger partial charge in [-0.05, 0) is 31.2 Å². The Balaban J connectivity index is 1.55. The van der Waals surface area contributed by atoms with Crippen LogP contribution in [-0.2, 0) is 0 Å². The minimum Gasteiger partial charge on any atom is -0.418 e. The standard InChI is InChI=1S/C26H18ClFN4O3/c1-15-21(22(32-35-15)17-11-5-7-13-19(17)27)24(33)29-23(18-12-6-8-14-20(18)28)26-31-30-25(34-26)16-9-3-2-4-10-16/h2-14,23H,1H3,(H,29,33)/t23-/m0/s1. The number of amides is 1. The summed E-state index contributed by atoms with van der Waals surface area (Å²) in [6, 6.07) is 21.1. The van der Waals surface area contributed by atoms with E-state index in [1.807, 2.05) is 30.3 Å². The Morgan fingerprint density at radius 3 is 2.46 bits per heavy atom. The number of halogens is 2. The van der Waals surface area contributed by atoms with E-state index < -0.39 is 17.8 Å². The fourth-order valence-electron chi connectivity index (χ4n) is 3.71. The van der Waals surface area contributed by atoms with Crippen molar-refractivity contribution < 1.29 is 18.1 Å². The van der Waals surface area contributed by atoms with E-state index in [0.717, 1.165) is 0 Å². The van der Waals surface area contributed by atoms with Crippen molar-refractivity contribution in [1.29, 1.82) is 0 Å². The molecule has 5 rings (SSSR count). The van der Waals surface area contributed by atoms with Gasteiger partial charge in [-0.3, -0.25) is 4.79 Å². The van der Waals surface area contributed by atoms with Crippen LogP contribution in [-0.4, -0.2) is 21.3 Å². The number of nitrogens with zero attached hydrogens (tertiary/aromatic N) is 3. The monoisotopic (exact) mass is 488 g/mol. The molecule has 2 heterocycles. The normalized spacial score (nSPS) is 11.9. The number of hydrogen-bond donors (Lipinski definition) is 1. The molecular formula is C26H18ClFN4O3. The van der Waals surface area contributed by atoms with Gasteiger partial charge in [-0.15, -0.1) is 10.2 Å². The first-order valence-corrected chi connectivity index (χ1v) is 11.1. The highest BCUT2D eigenvalue weighted by Crippen LogP contribution is 2.32. The maximum atomic E-state index is 14.8. The van der Waals surface area contributed by atoms with Crippen molar-refractivity contribution in [2.24, 2.45) is 0 Å². The summed E-state index contributed by atoms with van der Waals surface area (Å²) in [7, 11) is 0. The van der Waals surface area contributed by atoms with Crippen LogP contribution in [0.1, 0.15) is 33.6 Å². The van der Waals surface area contributed by atoms with Gasteiger partial charge in [0.15, 0.2) is 0 Å². The molecule has 0 aliphatic rings. The van der Waals surface area contributed by atoms with Gasteiger partial charge >= 0.3 is 0 Å². The maximum absolute atomic E-state index is 14.8. The molecule has 0 spiro atoms. The zero-order chi connectivity index (χ0) is 24.4. The molecule has 0 fully saturated rings. The van der Waals surface area contributed by atoms with Gasteiger partial charge < -0.3 is 14.3 Å². The second-order valence-electron chi connectivity index (χ2n) is 7.68. The van der Waals surface area contributed by atoms with Gasteiger partial charge in [0.1, 0.15) is 28.9 Å². The molecule has 3 aromatic carbocycles. The van der Waals surface area contributed by atoms with E-state index in [1.54, 1.807) is 49.4 Å². The number of benzene rings is 3. The second-order valence-corrected chi connectivity index (χ2v) is 8.09. The molecule has 35 heavy (non-hydrogen) atoms. The van der Waals surface area contributed by atoms with E-state index in [1.165, 1.54) is 6.07 Å². The van der Waals surface area contributed by atoms with E-state index >= 15 is 0 Å². The summed E-state index contributed by atoms with van der Waals surface area (Å²) in [5.41, 5.74) is 1.83. The van der Waals surface area contributed by atoms with Crippen LogP contribution in [0.3, 0.4) is 0 Å². The minimum atomic E-state index is -1.07.